The molecule has 0 aromatic heterocycles. The van der Waals surface area contributed by atoms with Crippen LogP contribution in [0.5, 0.6) is 5.75 Å². The molecule has 2 N–H and O–H groups in total. The van der Waals surface area contributed by atoms with Crippen LogP contribution in [0.2, 0.25) is 0 Å². The second-order valence-corrected chi connectivity index (χ2v) is 7.53. The summed E-state index contributed by atoms with van der Waals surface area (Å²) in [5, 5.41) is 11.8. The molecule has 31 heavy (non-hydrogen) atoms. The number of anilines is 1. The van der Waals surface area contributed by atoms with Gasteiger partial charge in [-0.3, -0.25) is 5.32 Å². The van der Waals surface area contributed by atoms with Crippen LogP contribution in [0.1, 0.15) is 38.8 Å². The zero-order valence-electron chi connectivity index (χ0n) is 18.1. The van der Waals surface area contributed by atoms with E-state index in [1.165, 1.54) is 12.1 Å². The van der Waals surface area contributed by atoms with E-state index < -0.39 is 24.0 Å². The van der Waals surface area contributed by atoms with Gasteiger partial charge in [0.1, 0.15) is 18.2 Å². The lowest BCUT2D eigenvalue weighted by Crippen LogP contribution is -2.29. The molecule has 0 aliphatic heterocycles. The SMILES string of the molecule is CC(C)Oc1ccc(COC(=O)Nc2ccc(F)c(CC(OC(C)C)C(=O)O)c2)cc1. The molecule has 0 saturated heterocycles. The predicted octanol–water partition coefficient (Wildman–Crippen LogP) is 4.78. The smallest absolute Gasteiger partial charge is 0.411 e. The van der Waals surface area contributed by atoms with E-state index in [-0.39, 0.29) is 36.5 Å². The molecule has 7 nitrogen and oxygen atoms in total. The minimum absolute atomic E-state index is 0.0468. The summed E-state index contributed by atoms with van der Waals surface area (Å²) in [6.45, 7) is 7.31. The quantitative estimate of drug-likeness (QED) is 0.560. The number of nitrogens with one attached hydrogen (secondary N) is 1. The topological polar surface area (TPSA) is 94.1 Å². The fraction of sp³-hybridized carbons (Fsp3) is 0.391. The first-order chi connectivity index (χ1) is 14.6. The van der Waals surface area contributed by atoms with Crippen molar-refractivity contribution >= 4 is 17.7 Å². The van der Waals surface area contributed by atoms with E-state index in [9.17, 15) is 19.1 Å². The molecule has 0 heterocycles. The number of carboxylic acids is 1. The maximum absolute atomic E-state index is 14.1. The number of carboxylic acid groups (broad SMARTS) is 1. The molecule has 0 fully saturated rings. The number of carbonyl (C=O) groups excluding carboxylic acids is 1. The lowest BCUT2D eigenvalue weighted by Gasteiger charge is -2.17. The molecule has 1 amide bonds. The number of amides is 1. The van der Waals surface area contributed by atoms with Gasteiger partial charge in [-0.2, -0.15) is 0 Å². The second kappa shape index (κ2) is 11.3. The van der Waals surface area contributed by atoms with E-state index in [1.807, 2.05) is 13.8 Å². The minimum Gasteiger partial charge on any atom is -0.491 e. The molecule has 0 bridgehead atoms. The molecular formula is C23H28FNO6. The van der Waals surface area contributed by atoms with Crippen LogP contribution in [0.4, 0.5) is 14.9 Å². The van der Waals surface area contributed by atoms with Crippen molar-refractivity contribution in [2.24, 2.45) is 0 Å². The van der Waals surface area contributed by atoms with Crippen molar-refractivity contribution in [1.29, 1.82) is 0 Å². The molecule has 1 atom stereocenters. The maximum Gasteiger partial charge on any atom is 0.411 e. The highest BCUT2D eigenvalue weighted by Gasteiger charge is 2.22. The van der Waals surface area contributed by atoms with E-state index in [4.69, 9.17) is 14.2 Å². The molecule has 8 heteroatoms. The summed E-state index contributed by atoms with van der Waals surface area (Å²) in [5.74, 6) is -1.04. The van der Waals surface area contributed by atoms with Crippen molar-refractivity contribution in [1.82, 2.24) is 0 Å². The molecule has 2 aromatic rings. The standard InChI is InChI=1S/C23H28FNO6/c1-14(2)30-19-8-5-16(6-9-19)13-29-23(28)25-18-7-10-20(24)17(11-18)12-21(22(26)27)31-15(3)4/h5-11,14-15,21H,12-13H2,1-4H3,(H,25,28)(H,26,27). The Morgan fingerprint density at radius 1 is 1.03 bits per heavy atom. The van der Waals surface area contributed by atoms with Crippen LogP contribution < -0.4 is 10.1 Å². The highest BCUT2D eigenvalue weighted by Crippen LogP contribution is 2.19. The van der Waals surface area contributed by atoms with Crippen molar-refractivity contribution < 1.29 is 33.3 Å². The molecule has 168 valence electrons. The number of benzene rings is 2. The Morgan fingerprint density at radius 2 is 1.71 bits per heavy atom. The van der Waals surface area contributed by atoms with Gasteiger partial charge in [0.2, 0.25) is 0 Å². The van der Waals surface area contributed by atoms with Gasteiger partial charge in [-0.1, -0.05) is 12.1 Å². The van der Waals surface area contributed by atoms with Crippen molar-refractivity contribution in [3.8, 4) is 5.75 Å². The van der Waals surface area contributed by atoms with Crippen molar-refractivity contribution in [3.63, 3.8) is 0 Å². The molecule has 0 aliphatic rings. The van der Waals surface area contributed by atoms with E-state index in [0.29, 0.717) is 0 Å². The zero-order chi connectivity index (χ0) is 23.0. The fourth-order valence-electron chi connectivity index (χ4n) is 2.77. The van der Waals surface area contributed by atoms with Crippen LogP contribution >= 0.6 is 0 Å². The molecule has 2 aromatic carbocycles. The van der Waals surface area contributed by atoms with Crippen LogP contribution in [0, 0.1) is 5.82 Å². The van der Waals surface area contributed by atoms with Gasteiger partial charge in [0.05, 0.1) is 12.2 Å². The lowest BCUT2D eigenvalue weighted by molar-refractivity contribution is -0.153. The predicted molar refractivity (Wildman–Crippen MR) is 114 cm³/mol. The number of carbonyl (C=O) groups is 2. The van der Waals surface area contributed by atoms with Gasteiger partial charge >= 0.3 is 12.1 Å². The van der Waals surface area contributed by atoms with Crippen LogP contribution in [0.15, 0.2) is 42.5 Å². The summed E-state index contributed by atoms with van der Waals surface area (Å²) < 4.78 is 30.2. The summed E-state index contributed by atoms with van der Waals surface area (Å²) >= 11 is 0. The van der Waals surface area contributed by atoms with Gasteiger partial charge in [-0.05, 0) is 69.2 Å². The van der Waals surface area contributed by atoms with Gasteiger partial charge in [-0.15, -0.1) is 0 Å². The number of ether oxygens (including phenoxy) is 3. The molecular weight excluding hydrogens is 405 g/mol. The third-order valence-corrected chi connectivity index (χ3v) is 4.07. The first-order valence-corrected chi connectivity index (χ1v) is 10.00. The summed E-state index contributed by atoms with van der Waals surface area (Å²) in [6, 6.07) is 11.1. The second-order valence-electron chi connectivity index (χ2n) is 7.53. The Balaban J connectivity index is 1.95. The Bertz CT molecular complexity index is 882. The van der Waals surface area contributed by atoms with E-state index in [2.05, 4.69) is 5.32 Å². The van der Waals surface area contributed by atoms with Gasteiger partial charge in [0.15, 0.2) is 6.10 Å². The highest BCUT2D eigenvalue weighted by atomic mass is 19.1. The third-order valence-electron chi connectivity index (χ3n) is 4.07. The van der Waals surface area contributed by atoms with Crippen molar-refractivity contribution in [2.45, 2.75) is 59.0 Å². The monoisotopic (exact) mass is 433 g/mol. The van der Waals surface area contributed by atoms with Crippen molar-refractivity contribution in [3.05, 3.63) is 59.4 Å². The van der Waals surface area contributed by atoms with Crippen LogP contribution in [-0.4, -0.2) is 35.5 Å². The summed E-state index contributed by atoms with van der Waals surface area (Å²) in [4.78, 5) is 23.5. The van der Waals surface area contributed by atoms with E-state index in [0.717, 1.165) is 17.4 Å². The Morgan fingerprint density at radius 3 is 2.29 bits per heavy atom. The van der Waals surface area contributed by atoms with Crippen LogP contribution in [0.25, 0.3) is 0 Å². The highest BCUT2D eigenvalue weighted by molar-refractivity contribution is 5.84. The number of halogens is 1. The van der Waals surface area contributed by atoms with E-state index in [1.54, 1.807) is 38.1 Å². The van der Waals surface area contributed by atoms with Crippen molar-refractivity contribution in [2.75, 3.05) is 5.32 Å². The summed E-state index contributed by atoms with van der Waals surface area (Å²) in [6.07, 6.45) is -2.34. The number of hydrogen-bond acceptors (Lipinski definition) is 5. The molecule has 0 spiro atoms. The number of hydrogen-bond donors (Lipinski definition) is 2. The molecule has 0 aliphatic carbocycles. The number of aliphatic carboxylic acids is 1. The van der Waals surface area contributed by atoms with Crippen LogP contribution in [-0.2, 0) is 27.3 Å². The third kappa shape index (κ3) is 8.25. The maximum atomic E-state index is 14.1. The Labute approximate surface area is 181 Å². The average Bonchev–Trinajstić information content (AvgIpc) is 2.68. The van der Waals surface area contributed by atoms with Gasteiger partial charge < -0.3 is 19.3 Å². The van der Waals surface area contributed by atoms with E-state index >= 15 is 0 Å². The first-order valence-electron chi connectivity index (χ1n) is 10.00. The lowest BCUT2D eigenvalue weighted by atomic mass is 10.1. The van der Waals surface area contributed by atoms with Crippen LogP contribution in [0.3, 0.4) is 0 Å². The van der Waals surface area contributed by atoms with Gasteiger partial charge in [0.25, 0.3) is 0 Å². The summed E-state index contributed by atoms with van der Waals surface area (Å²) in [5.41, 5.74) is 1.18. The first kappa shape index (κ1) is 24.1. The molecule has 1 unspecified atom stereocenters. The Kier molecular flexibility index (Phi) is 8.81. The Hall–Kier alpha value is -3.13. The zero-order valence-corrected chi connectivity index (χ0v) is 18.1. The molecule has 0 radical (unpaired) electrons. The summed E-state index contributed by atoms with van der Waals surface area (Å²) in [7, 11) is 0. The molecule has 0 saturated carbocycles. The normalized spacial score (nSPS) is 12.0. The fourth-order valence-corrected chi connectivity index (χ4v) is 2.77. The molecule has 2 rings (SSSR count). The van der Waals surface area contributed by atoms with Gasteiger partial charge in [-0.25, -0.2) is 14.0 Å². The minimum atomic E-state index is -1.20. The van der Waals surface area contributed by atoms with Gasteiger partial charge in [0, 0.05) is 12.1 Å². The largest absolute Gasteiger partial charge is 0.491 e. The average molecular weight is 433 g/mol. The number of rotatable bonds is 10.